The van der Waals surface area contributed by atoms with Crippen LogP contribution >= 0.6 is 0 Å². The van der Waals surface area contributed by atoms with Crippen LogP contribution in [0.4, 0.5) is 0 Å². The highest BCUT2D eigenvalue weighted by Crippen LogP contribution is 2.31. The first-order valence-corrected chi connectivity index (χ1v) is 5.04. The van der Waals surface area contributed by atoms with Gasteiger partial charge < -0.3 is 4.74 Å². The lowest BCUT2D eigenvalue weighted by atomic mass is 9.86. The lowest BCUT2D eigenvalue weighted by Crippen LogP contribution is -2.13. The summed E-state index contributed by atoms with van der Waals surface area (Å²) in [6.07, 6.45) is 0. The fourth-order valence-electron chi connectivity index (χ4n) is 1.46. The van der Waals surface area contributed by atoms with Gasteiger partial charge in [-0.2, -0.15) is 0 Å². The van der Waals surface area contributed by atoms with Crippen molar-refractivity contribution in [3.63, 3.8) is 0 Å². The largest absolute Gasteiger partial charge is 0.494 e. The molecule has 0 aliphatic rings. The lowest BCUT2D eigenvalue weighted by Gasteiger charge is -2.22. The Morgan fingerprint density at radius 3 is 2.43 bits per heavy atom. The Labute approximate surface area is 87.1 Å². The van der Waals surface area contributed by atoms with Gasteiger partial charge in [0.05, 0.1) is 6.61 Å². The van der Waals surface area contributed by atoms with Crippen molar-refractivity contribution in [3.8, 4) is 5.75 Å². The third-order valence-corrected chi connectivity index (χ3v) is 2.15. The van der Waals surface area contributed by atoms with Gasteiger partial charge in [-0.05, 0) is 36.5 Å². The van der Waals surface area contributed by atoms with Crippen LogP contribution in [0.2, 0.25) is 0 Å². The van der Waals surface area contributed by atoms with E-state index in [4.69, 9.17) is 4.74 Å². The van der Waals surface area contributed by atoms with Crippen molar-refractivity contribution in [1.29, 1.82) is 0 Å². The van der Waals surface area contributed by atoms with Gasteiger partial charge in [-0.1, -0.05) is 32.9 Å². The zero-order chi connectivity index (χ0) is 10.8. The normalized spacial score (nSPS) is 11.5. The third kappa shape index (κ3) is 2.50. The maximum Gasteiger partial charge on any atom is 0.123 e. The molecule has 1 heteroatoms. The topological polar surface area (TPSA) is 9.23 Å². The van der Waals surface area contributed by atoms with Crippen LogP contribution in [-0.2, 0) is 5.41 Å². The molecular weight excluding hydrogens is 172 g/mol. The molecule has 1 radical (unpaired) electrons. The van der Waals surface area contributed by atoms with Crippen molar-refractivity contribution in [1.82, 2.24) is 0 Å². The summed E-state index contributed by atoms with van der Waals surface area (Å²) in [5, 5.41) is 0. The summed E-state index contributed by atoms with van der Waals surface area (Å²) in [6.45, 7) is 13.2. The molecule has 0 bridgehead atoms. The molecule has 0 unspecified atom stereocenters. The van der Waals surface area contributed by atoms with Crippen LogP contribution in [0.15, 0.2) is 18.2 Å². The smallest absolute Gasteiger partial charge is 0.123 e. The molecule has 0 amide bonds. The van der Waals surface area contributed by atoms with Crippen LogP contribution in [0.25, 0.3) is 0 Å². The fourth-order valence-corrected chi connectivity index (χ4v) is 1.46. The summed E-state index contributed by atoms with van der Waals surface area (Å²) in [6, 6.07) is 6.14. The van der Waals surface area contributed by atoms with Crippen LogP contribution < -0.4 is 4.74 Å². The molecule has 0 saturated carbocycles. The van der Waals surface area contributed by atoms with Gasteiger partial charge in [0.15, 0.2) is 0 Å². The second-order valence-electron chi connectivity index (χ2n) is 4.51. The van der Waals surface area contributed by atoms with Crippen LogP contribution in [0.5, 0.6) is 5.75 Å². The highest BCUT2D eigenvalue weighted by atomic mass is 16.5. The average Bonchev–Trinajstić information content (AvgIpc) is 2.02. The van der Waals surface area contributed by atoms with E-state index in [1.165, 1.54) is 5.56 Å². The first-order chi connectivity index (χ1) is 6.45. The van der Waals surface area contributed by atoms with Crippen molar-refractivity contribution < 1.29 is 4.74 Å². The molecule has 0 N–H and O–H groups in total. The molecule has 1 aromatic rings. The Balaban J connectivity index is 3.15. The molecule has 77 valence electrons. The summed E-state index contributed by atoms with van der Waals surface area (Å²) in [4.78, 5) is 0. The minimum absolute atomic E-state index is 0.123. The van der Waals surface area contributed by atoms with E-state index in [0.717, 1.165) is 11.3 Å². The molecule has 0 aliphatic heterocycles. The van der Waals surface area contributed by atoms with Crippen molar-refractivity contribution in [2.75, 3.05) is 6.61 Å². The standard InChI is InChI=1S/C13H19O/c1-6-14-12-9-10(2)7-8-11(12)13(3,4)5/h7-9H,2,6H2,1,3-5H3. The third-order valence-electron chi connectivity index (χ3n) is 2.15. The van der Waals surface area contributed by atoms with Crippen LogP contribution in [-0.4, -0.2) is 6.61 Å². The summed E-state index contributed by atoms with van der Waals surface area (Å²) in [5.74, 6) is 0.965. The number of rotatable bonds is 2. The van der Waals surface area contributed by atoms with Gasteiger partial charge in [0, 0.05) is 0 Å². The molecule has 0 atom stereocenters. The van der Waals surface area contributed by atoms with E-state index in [9.17, 15) is 0 Å². The van der Waals surface area contributed by atoms with E-state index < -0.39 is 0 Å². The van der Waals surface area contributed by atoms with Gasteiger partial charge >= 0.3 is 0 Å². The molecular formula is C13H19O. The Morgan fingerprint density at radius 1 is 1.29 bits per heavy atom. The Kier molecular flexibility index (Phi) is 3.20. The predicted octanol–water partition coefficient (Wildman–Crippen LogP) is 3.56. The van der Waals surface area contributed by atoms with Crippen LogP contribution in [0.3, 0.4) is 0 Å². The van der Waals surface area contributed by atoms with E-state index in [-0.39, 0.29) is 5.41 Å². The number of hydrogen-bond donors (Lipinski definition) is 0. The van der Waals surface area contributed by atoms with Crippen molar-refractivity contribution in [3.05, 3.63) is 36.2 Å². The van der Waals surface area contributed by atoms with E-state index in [1.807, 2.05) is 19.1 Å². The van der Waals surface area contributed by atoms with Gasteiger partial charge in [-0.25, -0.2) is 0 Å². The molecule has 0 aliphatic carbocycles. The summed E-state index contributed by atoms with van der Waals surface area (Å²) in [5.41, 5.74) is 2.37. The molecule has 0 aromatic heterocycles. The SMILES string of the molecule is [CH2]c1ccc(C(C)(C)C)c(OCC)c1. The second kappa shape index (κ2) is 4.04. The average molecular weight is 191 g/mol. The Morgan fingerprint density at radius 2 is 1.93 bits per heavy atom. The van der Waals surface area contributed by atoms with Gasteiger partial charge in [0.2, 0.25) is 0 Å². The van der Waals surface area contributed by atoms with Gasteiger partial charge in [0.25, 0.3) is 0 Å². The van der Waals surface area contributed by atoms with Gasteiger partial charge in [0.1, 0.15) is 5.75 Å². The van der Waals surface area contributed by atoms with Gasteiger partial charge in [-0.15, -0.1) is 0 Å². The first-order valence-electron chi connectivity index (χ1n) is 5.04. The Bertz CT molecular complexity index is 308. The summed E-state index contributed by atoms with van der Waals surface area (Å²) >= 11 is 0. The summed E-state index contributed by atoms with van der Waals surface area (Å²) in [7, 11) is 0. The summed E-state index contributed by atoms with van der Waals surface area (Å²) < 4.78 is 5.60. The quantitative estimate of drug-likeness (QED) is 0.694. The number of benzene rings is 1. The molecule has 14 heavy (non-hydrogen) atoms. The number of ether oxygens (including phenoxy) is 1. The number of hydrogen-bond acceptors (Lipinski definition) is 1. The highest BCUT2D eigenvalue weighted by Gasteiger charge is 2.18. The molecule has 1 nitrogen and oxygen atoms in total. The van der Waals surface area contributed by atoms with Crippen LogP contribution in [0.1, 0.15) is 38.8 Å². The zero-order valence-electron chi connectivity index (χ0n) is 9.55. The highest BCUT2D eigenvalue weighted by molar-refractivity contribution is 5.42. The lowest BCUT2D eigenvalue weighted by molar-refractivity contribution is 0.329. The Hall–Kier alpha value is -0.980. The van der Waals surface area contributed by atoms with Gasteiger partial charge in [-0.3, -0.25) is 0 Å². The minimum Gasteiger partial charge on any atom is -0.494 e. The monoisotopic (exact) mass is 191 g/mol. The maximum absolute atomic E-state index is 5.60. The van der Waals surface area contributed by atoms with E-state index in [1.54, 1.807) is 0 Å². The van der Waals surface area contributed by atoms with Crippen LogP contribution in [0, 0.1) is 6.92 Å². The predicted molar refractivity (Wildman–Crippen MR) is 60.8 cm³/mol. The van der Waals surface area contributed by atoms with E-state index in [2.05, 4.69) is 33.8 Å². The molecule has 1 rings (SSSR count). The van der Waals surface area contributed by atoms with E-state index >= 15 is 0 Å². The maximum atomic E-state index is 5.60. The molecule has 1 aromatic carbocycles. The van der Waals surface area contributed by atoms with E-state index in [0.29, 0.717) is 6.61 Å². The molecule has 0 spiro atoms. The van der Waals surface area contributed by atoms with Crippen molar-refractivity contribution in [2.45, 2.75) is 33.1 Å². The first kappa shape index (κ1) is 11.1. The van der Waals surface area contributed by atoms with Crippen molar-refractivity contribution in [2.24, 2.45) is 0 Å². The molecule has 0 heterocycles. The fraction of sp³-hybridized carbons (Fsp3) is 0.462. The zero-order valence-corrected chi connectivity index (χ0v) is 9.55. The molecule has 0 saturated heterocycles. The molecule has 0 fully saturated rings. The van der Waals surface area contributed by atoms with Crippen molar-refractivity contribution >= 4 is 0 Å². The second-order valence-corrected chi connectivity index (χ2v) is 4.51. The minimum atomic E-state index is 0.123.